The first-order valence-electron chi connectivity index (χ1n) is 11.2. The molecule has 1 aliphatic rings. The van der Waals surface area contributed by atoms with E-state index in [9.17, 15) is 0 Å². The predicted octanol–water partition coefficient (Wildman–Crippen LogP) is 6.85. The lowest BCUT2D eigenvalue weighted by atomic mass is 9.94. The SMILES string of the molecule is C1=C(CN(Cc2ccccc2)Cc2ccccc2)OC(c2ccccc2)c2ccccc21. The minimum atomic E-state index is -0.0808. The molecule has 0 N–H and O–H groups in total. The summed E-state index contributed by atoms with van der Waals surface area (Å²) in [6.45, 7) is 2.49. The molecule has 0 aliphatic carbocycles. The van der Waals surface area contributed by atoms with Gasteiger partial charge in [0.15, 0.2) is 0 Å². The van der Waals surface area contributed by atoms with Crippen LogP contribution in [0.15, 0.2) is 121 Å². The van der Waals surface area contributed by atoms with Crippen molar-refractivity contribution in [3.8, 4) is 0 Å². The maximum absolute atomic E-state index is 6.62. The molecular weight excluding hydrogens is 390 g/mol. The molecule has 32 heavy (non-hydrogen) atoms. The topological polar surface area (TPSA) is 12.5 Å². The number of benzene rings is 4. The number of fused-ring (bicyclic) bond motifs is 1. The molecule has 1 heterocycles. The molecule has 4 aromatic carbocycles. The van der Waals surface area contributed by atoms with E-state index in [0.29, 0.717) is 0 Å². The van der Waals surface area contributed by atoms with Crippen LogP contribution < -0.4 is 0 Å². The summed E-state index contributed by atoms with van der Waals surface area (Å²) in [4.78, 5) is 2.45. The molecule has 2 nitrogen and oxygen atoms in total. The lowest BCUT2D eigenvalue weighted by molar-refractivity contribution is 0.117. The molecule has 0 radical (unpaired) electrons. The molecule has 158 valence electrons. The Bertz CT molecular complexity index is 1130. The fourth-order valence-corrected chi connectivity index (χ4v) is 4.33. The predicted molar refractivity (Wildman–Crippen MR) is 131 cm³/mol. The van der Waals surface area contributed by atoms with Gasteiger partial charge in [-0.3, -0.25) is 4.90 Å². The first-order valence-corrected chi connectivity index (χ1v) is 11.2. The van der Waals surface area contributed by atoms with Gasteiger partial charge in [0.2, 0.25) is 0 Å². The second-order valence-corrected chi connectivity index (χ2v) is 8.26. The van der Waals surface area contributed by atoms with Crippen LogP contribution in [0.4, 0.5) is 0 Å². The van der Waals surface area contributed by atoms with E-state index in [-0.39, 0.29) is 6.10 Å². The number of hydrogen-bond acceptors (Lipinski definition) is 2. The monoisotopic (exact) mass is 417 g/mol. The second-order valence-electron chi connectivity index (χ2n) is 8.26. The number of nitrogens with zero attached hydrogens (tertiary/aromatic N) is 1. The normalized spacial score (nSPS) is 15.0. The number of hydrogen-bond donors (Lipinski definition) is 0. The molecular formula is C30H27NO. The van der Waals surface area contributed by atoms with Crippen LogP contribution >= 0.6 is 0 Å². The molecule has 2 heteroatoms. The van der Waals surface area contributed by atoms with Crippen LogP contribution in [0.1, 0.15) is 33.9 Å². The summed E-state index contributed by atoms with van der Waals surface area (Å²) in [6.07, 6.45) is 2.13. The molecule has 0 spiro atoms. The summed E-state index contributed by atoms with van der Waals surface area (Å²) in [6, 6.07) is 40.4. The molecule has 4 aromatic rings. The Morgan fingerprint density at radius 1 is 0.562 bits per heavy atom. The van der Waals surface area contributed by atoms with Gasteiger partial charge in [0.25, 0.3) is 0 Å². The van der Waals surface area contributed by atoms with E-state index in [0.717, 1.165) is 25.4 Å². The number of rotatable bonds is 7. The van der Waals surface area contributed by atoms with Gasteiger partial charge >= 0.3 is 0 Å². The summed E-state index contributed by atoms with van der Waals surface area (Å²) in [5.74, 6) is 1.00. The average Bonchev–Trinajstić information content (AvgIpc) is 2.85. The van der Waals surface area contributed by atoms with Crippen LogP contribution in [0.3, 0.4) is 0 Å². The van der Waals surface area contributed by atoms with Gasteiger partial charge < -0.3 is 4.74 Å². The van der Waals surface area contributed by atoms with Gasteiger partial charge in [-0.1, -0.05) is 115 Å². The second kappa shape index (κ2) is 9.67. The van der Waals surface area contributed by atoms with E-state index < -0.39 is 0 Å². The van der Waals surface area contributed by atoms with Gasteiger partial charge in [-0.15, -0.1) is 0 Å². The average molecular weight is 418 g/mol. The molecule has 5 rings (SSSR count). The van der Waals surface area contributed by atoms with Crippen molar-refractivity contribution in [1.29, 1.82) is 0 Å². The summed E-state index contributed by atoms with van der Waals surface area (Å²) >= 11 is 0. The summed E-state index contributed by atoms with van der Waals surface area (Å²) in [7, 11) is 0. The lowest BCUT2D eigenvalue weighted by Gasteiger charge is -2.31. The van der Waals surface area contributed by atoms with Crippen molar-refractivity contribution in [3.05, 3.63) is 149 Å². The molecule has 0 fully saturated rings. The van der Waals surface area contributed by atoms with Crippen molar-refractivity contribution < 1.29 is 4.74 Å². The van der Waals surface area contributed by atoms with E-state index in [4.69, 9.17) is 4.74 Å². The fraction of sp³-hybridized carbons (Fsp3) is 0.133. The highest BCUT2D eigenvalue weighted by molar-refractivity contribution is 5.60. The summed E-state index contributed by atoms with van der Waals surface area (Å²) in [5, 5.41) is 0. The van der Waals surface area contributed by atoms with E-state index in [1.165, 1.54) is 27.8 Å². The molecule has 1 aliphatic heterocycles. The van der Waals surface area contributed by atoms with Crippen molar-refractivity contribution in [2.45, 2.75) is 19.2 Å². The van der Waals surface area contributed by atoms with Gasteiger partial charge in [-0.25, -0.2) is 0 Å². The van der Waals surface area contributed by atoms with Gasteiger partial charge in [0.05, 0.1) is 6.54 Å². The third-order valence-electron chi connectivity index (χ3n) is 5.84. The van der Waals surface area contributed by atoms with Crippen molar-refractivity contribution in [1.82, 2.24) is 4.90 Å². The Morgan fingerprint density at radius 2 is 1.09 bits per heavy atom. The van der Waals surface area contributed by atoms with E-state index >= 15 is 0 Å². The van der Waals surface area contributed by atoms with Gasteiger partial charge in [0.1, 0.15) is 11.9 Å². The minimum absolute atomic E-state index is 0.0808. The standard InChI is InChI=1S/C30H27NO/c1-4-12-24(13-5-1)21-31(22-25-14-6-2-7-15-25)23-28-20-27-18-10-11-19-29(27)30(32-28)26-16-8-3-9-17-26/h1-20,30H,21-23H2. The summed E-state index contributed by atoms with van der Waals surface area (Å²) in [5.41, 5.74) is 6.25. The van der Waals surface area contributed by atoms with Crippen molar-refractivity contribution >= 4 is 6.08 Å². The molecule has 0 saturated carbocycles. The maximum atomic E-state index is 6.62. The Morgan fingerprint density at radius 3 is 1.72 bits per heavy atom. The zero-order valence-electron chi connectivity index (χ0n) is 18.1. The van der Waals surface area contributed by atoms with E-state index in [2.05, 4.69) is 126 Å². The highest BCUT2D eigenvalue weighted by Crippen LogP contribution is 2.36. The fourth-order valence-electron chi connectivity index (χ4n) is 4.33. The van der Waals surface area contributed by atoms with E-state index in [1.54, 1.807) is 0 Å². The van der Waals surface area contributed by atoms with Crippen LogP contribution in [-0.4, -0.2) is 11.4 Å². The highest BCUT2D eigenvalue weighted by atomic mass is 16.5. The van der Waals surface area contributed by atoms with Crippen LogP contribution in [-0.2, 0) is 17.8 Å². The van der Waals surface area contributed by atoms with Crippen LogP contribution in [0.5, 0.6) is 0 Å². The molecule has 1 atom stereocenters. The Kier molecular flexibility index (Phi) is 6.13. The first kappa shape index (κ1) is 20.3. The Labute approximate surface area is 190 Å². The van der Waals surface area contributed by atoms with Gasteiger partial charge in [-0.2, -0.15) is 0 Å². The zero-order valence-corrected chi connectivity index (χ0v) is 18.1. The van der Waals surface area contributed by atoms with Crippen LogP contribution in [0.2, 0.25) is 0 Å². The van der Waals surface area contributed by atoms with E-state index in [1.807, 2.05) is 0 Å². The smallest absolute Gasteiger partial charge is 0.149 e. The quantitative estimate of drug-likeness (QED) is 0.326. The molecule has 1 unspecified atom stereocenters. The Balaban J connectivity index is 1.44. The van der Waals surface area contributed by atoms with Gasteiger partial charge in [0, 0.05) is 18.7 Å². The molecule has 0 bridgehead atoms. The molecule has 0 amide bonds. The lowest BCUT2D eigenvalue weighted by Crippen LogP contribution is -2.27. The van der Waals surface area contributed by atoms with Gasteiger partial charge in [-0.05, 0) is 28.3 Å². The minimum Gasteiger partial charge on any atom is -0.484 e. The third-order valence-corrected chi connectivity index (χ3v) is 5.84. The first-order chi connectivity index (χ1) is 15.8. The third kappa shape index (κ3) is 4.82. The van der Waals surface area contributed by atoms with Crippen LogP contribution in [0.25, 0.3) is 6.08 Å². The highest BCUT2D eigenvalue weighted by Gasteiger charge is 2.25. The van der Waals surface area contributed by atoms with Crippen molar-refractivity contribution in [3.63, 3.8) is 0 Å². The Hall–Kier alpha value is -3.62. The van der Waals surface area contributed by atoms with Crippen molar-refractivity contribution in [2.75, 3.05) is 6.54 Å². The largest absolute Gasteiger partial charge is 0.484 e. The van der Waals surface area contributed by atoms with Crippen LogP contribution in [0, 0.1) is 0 Å². The molecule has 0 saturated heterocycles. The molecule has 0 aromatic heterocycles. The zero-order chi connectivity index (χ0) is 21.6. The van der Waals surface area contributed by atoms with Crippen molar-refractivity contribution in [2.24, 2.45) is 0 Å². The maximum Gasteiger partial charge on any atom is 0.149 e. The number of ether oxygens (including phenoxy) is 1. The summed E-state index contributed by atoms with van der Waals surface area (Å²) < 4.78 is 6.62.